The van der Waals surface area contributed by atoms with Crippen molar-refractivity contribution in [3.05, 3.63) is 48.0 Å². The molecule has 1 aromatic rings. The van der Waals surface area contributed by atoms with Crippen LogP contribution in [0.5, 0.6) is 0 Å². The van der Waals surface area contributed by atoms with Crippen LogP contribution in [-0.2, 0) is 25.6 Å². The molecule has 0 aromatic heterocycles. The number of benzene rings is 1. The van der Waals surface area contributed by atoms with Crippen molar-refractivity contribution >= 4 is 23.7 Å². The summed E-state index contributed by atoms with van der Waals surface area (Å²) < 4.78 is 0. The van der Waals surface area contributed by atoms with Crippen molar-refractivity contribution in [3.8, 4) is 0 Å². The van der Waals surface area contributed by atoms with Gasteiger partial charge in [0.25, 0.3) is 5.91 Å². The Labute approximate surface area is 181 Å². The summed E-state index contributed by atoms with van der Waals surface area (Å²) in [6, 6.07) is 6.69. The second kappa shape index (κ2) is 11.8. The molecular weight excluding hydrogens is 400 g/mol. The monoisotopic (exact) mass is 430 g/mol. The van der Waals surface area contributed by atoms with E-state index < -0.39 is 35.9 Å². The lowest BCUT2D eigenvalue weighted by molar-refractivity contribution is -0.148. The van der Waals surface area contributed by atoms with Crippen LogP contribution in [0.4, 0.5) is 0 Å². The highest BCUT2D eigenvalue weighted by Gasteiger charge is 2.31. The van der Waals surface area contributed by atoms with Crippen LogP contribution in [-0.4, -0.2) is 58.5 Å². The van der Waals surface area contributed by atoms with Gasteiger partial charge in [0, 0.05) is 19.4 Å². The van der Waals surface area contributed by atoms with E-state index in [9.17, 15) is 19.2 Å². The topological polar surface area (TPSA) is 128 Å². The Hall–Kier alpha value is -3.20. The minimum Gasteiger partial charge on any atom is -0.480 e. The van der Waals surface area contributed by atoms with Gasteiger partial charge in [-0.3, -0.25) is 24.2 Å². The number of nitrogens with zero attached hydrogens (tertiary/aromatic N) is 1. The van der Waals surface area contributed by atoms with Crippen molar-refractivity contribution in [2.45, 2.75) is 57.7 Å². The summed E-state index contributed by atoms with van der Waals surface area (Å²) >= 11 is 0. The van der Waals surface area contributed by atoms with Crippen LogP contribution in [0, 0.1) is 0 Å². The maximum Gasteiger partial charge on any atom is 0.322 e. The molecule has 0 radical (unpaired) electrons. The molecular formula is C22H30N4O5. The van der Waals surface area contributed by atoms with Crippen molar-refractivity contribution in [2.75, 3.05) is 6.54 Å². The van der Waals surface area contributed by atoms with Crippen molar-refractivity contribution in [2.24, 2.45) is 0 Å². The first-order valence-corrected chi connectivity index (χ1v) is 10.4. The van der Waals surface area contributed by atoms with Crippen LogP contribution < -0.4 is 16.1 Å². The molecule has 4 N–H and O–H groups in total. The minimum atomic E-state index is -1.03. The lowest BCUT2D eigenvalue weighted by Crippen LogP contribution is -2.60. The Bertz CT molecular complexity index is 811. The van der Waals surface area contributed by atoms with Crippen molar-refractivity contribution in [1.29, 1.82) is 0 Å². The lowest BCUT2D eigenvalue weighted by Gasteiger charge is -2.33. The molecule has 0 spiro atoms. The highest BCUT2D eigenvalue weighted by atomic mass is 16.4. The van der Waals surface area contributed by atoms with Gasteiger partial charge in [0.2, 0.25) is 11.8 Å². The number of rotatable bonds is 9. The summed E-state index contributed by atoms with van der Waals surface area (Å²) in [6.07, 6.45) is 4.85. The molecule has 0 saturated carbocycles. The summed E-state index contributed by atoms with van der Waals surface area (Å²) in [5.41, 5.74) is 3.56. The molecule has 168 valence electrons. The van der Waals surface area contributed by atoms with Crippen LogP contribution in [0.15, 0.2) is 42.5 Å². The van der Waals surface area contributed by atoms with Gasteiger partial charge in [-0.15, -0.1) is 0 Å². The van der Waals surface area contributed by atoms with E-state index in [1.54, 1.807) is 19.1 Å². The van der Waals surface area contributed by atoms with Crippen LogP contribution in [0.2, 0.25) is 0 Å². The molecule has 9 heteroatoms. The molecule has 3 atom stereocenters. The molecule has 0 bridgehead atoms. The van der Waals surface area contributed by atoms with Crippen molar-refractivity contribution in [3.63, 3.8) is 0 Å². The normalized spacial score (nSPS) is 18.3. The standard InChI is InChI=1S/C22H30N4O5/c1-3-4-12-19(27)24-18(14-16-9-6-5-7-10-16)20(28)23-15(2)21(29)26-13-8-11-17(25-26)22(30)31/h3-7,9-10,15,17-18,25H,8,11-14H2,1-2H3,(H,23,28)(H,24,27)(H,30,31)/b4-3+/t15-,17-,18-/m0/s1. The third-order valence-corrected chi connectivity index (χ3v) is 4.95. The van der Waals surface area contributed by atoms with Crippen LogP contribution in [0.3, 0.4) is 0 Å². The van der Waals surface area contributed by atoms with Crippen LogP contribution in [0.25, 0.3) is 0 Å². The molecule has 9 nitrogen and oxygen atoms in total. The average molecular weight is 431 g/mol. The molecule has 2 rings (SSSR count). The Balaban J connectivity index is 2.03. The van der Waals surface area contributed by atoms with E-state index >= 15 is 0 Å². The number of hydrazine groups is 1. The number of aliphatic carboxylic acids is 1. The molecule has 31 heavy (non-hydrogen) atoms. The molecule has 0 aliphatic carbocycles. The largest absolute Gasteiger partial charge is 0.480 e. The summed E-state index contributed by atoms with van der Waals surface area (Å²) in [5.74, 6) is -2.24. The zero-order valence-electron chi connectivity index (χ0n) is 17.8. The molecule has 1 aromatic carbocycles. The molecule has 1 fully saturated rings. The van der Waals surface area contributed by atoms with Crippen LogP contribution >= 0.6 is 0 Å². The quantitative estimate of drug-likeness (QED) is 0.429. The number of carboxylic acids is 1. The highest BCUT2D eigenvalue weighted by molar-refractivity contribution is 5.92. The summed E-state index contributed by atoms with van der Waals surface area (Å²) in [7, 11) is 0. The summed E-state index contributed by atoms with van der Waals surface area (Å²) in [5, 5.41) is 15.8. The third-order valence-electron chi connectivity index (χ3n) is 4.95. The number of allylic oxidation sites excluding steroid dienone is 1. The van der Waals surface area contributed by atoms with Crippen LogP contribution in [0.1, 0.15) is 38.7 Å². The second-order valence-corrected chi connectivity index (χ2v) is 7.47. The molecule has 1 heterocycles. The average Bonchev–Trinajstić information content (AvgIpc) is 2.77. The van der Waals surface area contributed by atoms with Gasteiger partial charge < -0.3 is 15.7 Å². The Morgan fingerprint density at radius 3 is 2.58 bits per heavy atom. The number of nitrogens with one attached hydrogen (secondary N) is 3. The lowest BCUT2D eigenvalue weighted by atomic mass is 10.0. The van der Waals surface area contributed by atoms with Gasteiger partial charge in [-0.05, 0) is 32.3 Å². The number of carbonyl (C=O) groups is 4. The van der Waals surface area contributed by atoms with E-state index in [-0.39, 0.29) is 18.7 Å². The fourth-order valence-corrected chi connectivity index (χ4v) is 3.27. The first kappa shape index (κ1) is 24.1. The number of carbonyl (C=O) groups excluding carboxylic acids is 3. The van der Waals surface area contributed by atoms with Crippen molar-refractivity contribution < 1.29 is 24.3 Å². The first-order valence-electron chi connectivity index (χ1n) is 10.4. The first-order chi connectivity index (χ1) is 14.8. The summed E-state index contributed by atoms with van der Waals surface area (Å²) in [6.45, 7) is 3.70. The predicted octanol–water partition coefficient (Wildman–Crippen LogP) is 0.765. The van der Waals surface area contributed by atoms with E-state index in [0.29, 0.717) is 19.4 Å². The third kappa shape index (κ3) is 7.53. The van der Waals surface area contributed by atoms with Gasteiger partial charge in [-0.2, -0.15) is 0 Å². The van der Waals surface area contributed by atoms with Gasteiger partial charge in [-0.25, -0.2) is 5.43 Å². The molecule has 1 aliphatic rings. The number of hydrogen-bond acceptors (Lipinski definition) is 5. The Morgan fingerprint density at radius 2 is 1.94 bits per heavy atom. The minimum absolute atomic E-state index is 0.151. The van der Waals surface area contributed by atoms with E-state index in [2.05, 4.69) is 16.1 Å². The van der Waals surface area contributed by atoms with E-state index in [0.717, 1.165) is 5.56 Å². The molecule has 3 amide bonds. The number of amides is 3. The van der Waals surface area contributed by atoms with Gasteiger partial charge in [0.1, 0.15) is 18.1 Å². The zero-order valence-corrected chi connectivity index (χ0v) is 17.8. The molecule has 1 aliphatic heterocycles. The van der Waals surface area contributed by atoms with Gasteiger partial charge >= 0.3 is 5.97 Å². The highest BCUT2D eigenvalue weighted by Crippen LogP contribution is 2.09. The second-order valence-electron chi connectivity index (χ2n) is 7.47. The maximum absolute atomic E-state index is 12.9. The molecule has 1 saturated heterocycles. The number of hydrogen-bond donors (Lipinski definition) is 4. The Kier molecular flexibility index (Phi) is 9.20. The Morgan fingerprint density at radius 1 is 1.23 bits per heavy atom. The fourth-order valence-electron chi connectivity index (χ4n) is 3.27. The van der Waals surface area contributed by atoms with E-state index in [1.807, 2.05) is 30.3 Å². The number of carboxylic acid groups (broad SMARTS) is 1. The summed E-state index contributed by atoms with van der Waals surface area (Å²) in [4.78, 5) is 49.0. The smallest absolute Gasteiger partial charge is 0.322 e. The zero-order chi connectivity index (χ0) is 22.8. The SMILES string of the molecule is C/C=C/CC(=O)N[C@@H](Cc1ccccc1)C(=O)N[C@@H](C)C(=O)N1CCC[C@@H](C(=O)O)N1. The fraction of sp³-hybridized carbons (Fsp3) is 0.455. The van der Waals surface area contributed by atoms with Gasteiger partial charge in [0.15, 0.2) is 0 Å². The van der Waals surface area contributed by atoms with E-state index in [1.165, 1.54) is 11.9 Å². The van der Waals surface area contributed by atoms with Crippen molar-refractivity contribution in [1.82, 2.24) is 21.1 Å². The predicted molar refractivity (Wildman–Crippen MR) is 115 cm³/mol. The molecule has 0 unspecified atom stereocenters. The van der Waals surface area contributed by atoms with E-state index in [4.69, 9.17) is 5.11 Å². The van der Waals surface area contributed by atoms with Gasteiger partial charge in [0.05, 0.1) is 0 Å². The maximum atomic E-state index is 12.9. The van der Waals surface area contributed by atoms with Gasteiger partial charge in [-0.1, -0.05) is 42.5 Å².